The van der Waals surface area contributed by atoms with Crippen LogP contribution in [-0.4, -0.2) is 14.7 Å². The second kappa shape index (κ2) is 6.40. The summed E-state index contributed by atoms with van der Waals surface area (Å²) >= 11 is 0. The number of benzene rings is 1. The van der Waals surface area contributed by atoms with Crippen LogP contribution < -0.4 is 5.73 Å². The third-order valence-electron chi connectivity index (χ3n) is 4.93. The Kier molecular flexibility index (Phi) is 4.57. The highest BCUT2D eigenvalue weighted by Crippen LogP contribution is 2.34. The fourth-order valence-electron chi connectivity index (χ4n) is 3.77. The lowest BCUT2D eigenvalue weighted by Crippen LogP contribution is -2.35. The molecule has 0 bridgehead atoms. The van der Waals surface area contributed by atoms with E-state index in [1.807, 2.05) is 0 Å². The van der Waals surface area contributed by atoms with E-state index >= 15 is 0 Å². The Bertz CT molecular complexity index is 482. The molecular formula is C17H25NOS. The standard InChI is InChI=1S/C17H25NOS/c18-17-15-11-5-4-7-13(15)8-6-12-16(17)20(19)14-9-2-1-3-10-14/h4-5,7,11,14,16-17H,1-3,6,8-10,12,18H2. The van der Waals surface area contributed by atoms with Crippen LogP contribution in [0.25, 0.3) is 0 Å². The molecule has 3 rings (SSSR count). The van der Waals surface area contributed by atoms with E-state index in [0.717, 1.165) is 32.1 Å². The third kappa shape index (κ3) is 2.84. The molecule has 0 amide bonds. The zero-order valence-corrected chi connectivity index (χ0v) is 12.9. The summed E-state index contributed by atoms with van der Waals surface area (Å²) in [7, 11) is -0.766. The second-order valence-electron chi connectivity index (χ2n) is 6.24. The van der Waals surface area contributed by atoms with Gasteiger partial charge in [-0.25, -0.2) is 0 Å². The van der Waals surface area contributed by atoms with Crippen molar-refractivity contribution in [2.24, 2.45) is 5.73 Å². The molecule has 2 aliphatic carbocycles. The average Bonchev–Trinajstić information content (AvgIpc) is 2.67. The summed E-state index contributed by atoms with van der Waals surface area (Å²) in [6.45, 7) is 0. The van der Waals surface area contributed by atoms with Gasteiger partial charge in [0.25, 0.3) is 0 Å². The Labute approximate surface area is 124 Å². The fraction of sp³-hybridized carbons (Fsp3) is 0.647. The van der Waals surface area contributed by atoms with Gasteiger partial charge in [-0.1, -0.05) is 43.5 Å². The number of hydrogen-bond acceptors (Lipinski definition) is 2. The molecule has 2 aliphatic rings. The Balaban J connectivity index is 1.81. The summed E-state index contributed by atoms with van der Waals surface area (Å²) in [5.74, 6) is 0. The van der Waals surface area contributed by atoms with E-state index in [1.165, 1.54) is 30.4 Å². The highest BCUT2D eigenvalue weighted by molar-refractivity contribution is 7.86. The maximum absolute atomic E-state index is 13.0. The Hall–Kier alpha value is -0.670. The number of nitrogens with two attached hydrogens (primary N) is 1. The van der Waals surface area contributed by atoms with Crippen LogP contribution in [0.2, 0.25) is 0 Å². The first-order valence-corrected chi connectivity index (χ1v) is 9.28. The summed E-state index contributed by atoms with van der Waals surface area (Å²) in [5, 5.41) is 0.548. The number of rotatable bonds is 2. The van der Waals surface area contributed by atoms with Gasteiger partial charge in [0.2, 0.25) is 0 Å². The SMILES string of the molecule is NC1c2ccccc2CCCC1S(=O)C1CCCCC1. The molecule has 0 radical (unpaired) electrons. The van der Waals surface area contributed by atoms with E-state index < -0.39 is 10.8 Å². The topological polar surface area (TPSA) is 43.1 Å². The molecule has 0 aromatic heterocycles. The summed E-state index contributed by atoms with van der Waals surface area (Å²) in [6.07, 6.45) is 9.29. The van der Waals surface area contributed by atoms with Gasteiger partial charge in [-0.05, 0) is 43.2 Å². The lowest BCUT2D eigenvalue weighted by molar-refractivity contribution is 0.495. The third-order valence-corrected chi connectivity index (χ3v) is 7.18. The predicted octanol–water partition coefficient (Wildman–Crippen LogP) is 3.47. The molecule has 2 N–H and O–H groups in total. The first kappa shape index (κ1) is 14.3. The van der Waals surface area contributed by atoms with E-state index in [4.69, 9.17) is 5.73 Å². The summed E-state index contributed by atoms with van der Waals surface area (Å²) in [5.41, 5.74) is 9.10. The molecule has 2 nitrogen and oxygen atoms in total. The van der Waals surface area contributed by atoms with E-state index in [0.29, 0.717) is 5.25 Å². The van der Waals surface area contributed by atoms with Crippen molar-refractivity contribution < 1.29 is 4.21 Å². The van der Waals surface area contributed by atoms with E-state index in [2.05, 4.69) is 24.3 Å². The Morgan fingerprint density at radius 1 is 1.00 bits per heavy atom. The van der Waals surface area contributed by atoms with Crippen LogP contribution in [0.5, 0.6) is 0 Å². The summed E-state index contributed by atoms with van der Waals surface area (Å²) in [6, 6.07) is 8.42. The normalized spacial score (nSPS) is 29.4. The molecule has 0 saturated heterocycles. The van der Waals surface area contributed by atoms with Crippen molar-refractivity contribution in [1.82, 2.24) is 0 Å². The van der Waals surface area contributed by atoms with Gasteiger partial charge in [0.05, 0.1) is 5.25 Å². The van der Waals surface area contributed by atoms with Crippen LogP contribution >= 0.6 is 0 Å². The van der Waals surface area contributed by atoms with Crippen molar-refractivity contribution in [1.29, 1.82) is 0 Å². The molecular weight excluding hydrogens is 266 g/mol. The minimum atomic E-state index is -0.766. The van der Waals surface area contributed by atoms with E-state index in [-0.39, 0.29) is 11.3 Å². The quantitative estimate of drug-likeness (QED) is 0.848. The number of fused-ring (bicyclic) bond motifs is 1. The number of hydrogen-bond donors (Lipinski definition) is 1. The van der Waals surface area contributed by atoms with Gasteiger partial charge in [0.15, 0.2) is 0 Å². The molecule has 1 aromatic rings. The van der Waals surface area contributed by atoms with Crippen molar-refractivity contribution in [3.8, 4) is 0 Å². The van der Waals surface area contributed by atoms with Gasteiger partial charge in [0, 0.05) is 22.1 Å². The summed E-state index contributed by atoms with van der Waals surface area (Å²) < 4.78 is 13.0. The molecule has 110 valence electrons. The minimum Gasteiger partial charge on any atom is -0.323 e. The zero-order valence-electron chi connectivity index (χ0n) is 12.1. The molecule has 3 heteroatoms. The molecule has 3 atom stereocenters. The van der Waals surface area contributed by atoms with Gasteiger partial charge in [-0.3, -0.25) is 4.21 Å². The Morgan fingerprint density at radius 3 is 2.55 bits per heavy atom. The maximum atomic E-state index is 13.0. The smallest absolute Gasteiger partial charge is 0.0543 e. The van der Waals surface area contributed by atoms with Crippen molar-refractivity contribution in [2.75, 3.05) is 0 Å². The summed E-state index contributed by atoms with van der Waals surface area (Å²) in [4.78, 5) is 0. The van der Waals surface area contributed by atoms with Crippen molar-refractivity contribution in [2.45, 2.75) is 67.9 Å². The first-order chi connectivity index (χ1) is 9.77. The van der Waals surface area contributed by atoms with Gasteiger partial charge in [-0.2, -0.15) is 0 Å². The molecule has 1 saturated carbocycles. The van der Waals surface area contributed by atoms with Crippen molar-refractivity contribution in [3.63, 3.8) is 0 Å². The highest BCUT2D eigenvalue weighted by Gasteiger charge is 2.33. The molecule has 0 spiro atoms. The fourth-order valence-corrected chi connectivity index (χ4v) is 5.89. The molecule has 3 unspecified atom stereocenters. The van der Waals surface area contributed by atoms with Crippen LogP contribution in [0.3, 0.4) is 0 Å². The second-order valence-corrected chi connectivity index (χ2v) is 8.17. The van der Waals surface area contributed by atoms with Gasteiger partial charge >= 0.3 is 0 Å². The minimum absolute atomic E-state index is 0.0449. The van der Waals surface area contributed by atoms with Crippen LogP contribution in [0.1, 0.15) is 62.1 Å². The lowest BCUT2D eigenvalue weighted by Gasteiger charge is -2.29. The van der Waals surface area contributed by atoms with Gasteiger partial charge < -0.3 is 5.73 Å². The van der Waals surface area contributed by atoms with Crippen LogP contribution in [0.15, 0.2) is 24.3 Å². The van der Waals surface area contributed by atoms with Crippen molar-refractivity contribution in [3.05, 3.63) is 35.4 Å². The highest BCUT2D eigenvalue weighted by atomic mass is 32.2. The largest absolute Gasteiger partial charge is 0.323 e. The molecule has 20 heavy (non-hydrogen) atoms. The van der Waals surface area contributed by atoms with Gasteiger partial charge in [0.1, 0.15) is 0 Å². The predicted molar refractivity (Wildman–Crippen MR) is 85.1 cm³/mol. The van der Waals surface area contributed by atoms with E-state index in [1.54, 1.807) is 0 Å². The zero-order chi connectivity index (χ0) is 13.9. The molecule has 1 aromatic carbocycles. The Morgan fingerprint density at radius 2 is 1.75 bits per heavy atom. The van der Waals surface area contributed by atoms with Gasteiger partial charge in [-0.15, -0.1) is 0 Å². The molecule has 0 heterocycles. The first-order valence-electron chi connectivity index (χ1n) is 8.00. The molecule has 1 fully saturated rings. The number of aryl methyl sites for hydroxylation is 1. The monoisotopic (exact) mass is 291 g/mol. The van der Waals surface area contributed by atoms with Crippen molar-refractivity contribution >= 4 is 10.8 Å². The van der Waals surface area contributed by atoms with Crippen LogP contribution in [-0.2, 0) is 17.2 Å². The van der Waals surface area contributed by atoms with E-state index in [9.17, 15) is 4.21 Å². The average molecular weight is 291 g/mol. The van der Waals surface area contributed by atoms with Crippen LogP contribution in [0, 0.1) is 0 Å². The maximum Gasteiger partial charge on any atom is 0.0543 e. The van der Waals surface area contributed by atoms with Crippen LogP contribution in [0.4, 0.5) is 0 Å². The lowest BCUT2D eigenvalue weighted by atomic mass is 9.99. The molecule has 0 aliphatic heterocycles.